The van der Waals surface area contributed by atoms with Crippen LogP contribution in [0.3, 0.4) is 0 Å². The van der Waals surface area contributed by atoms with Crippen molar-refractivity contribution in [2.24, 2.45) is 0 Å². The van der Waals surface area contributed by atoms with Crippen molar-refractivity contribution in [3.8, 4) is 11.6 Å². The number of anilines is 1. The minimum Gasteiger partial charge on any atom is -0.439 e. The van der Waals surface area contributed by atoms with E-state index in [1.165, 1.54) is 36.5 Å². The Bertz CT molecular complexity index is 717. The molecule has 2 amide bonds. The lowest BCUT2D eigenvalue weighted by atomic mass is 10.3. The average molecular weight is 377 g/mol. The van der Waals surface area contributed by atoms with Gasteiger partial charge in [-0.1, -0.05) is 34.8 Å². The quantitative estimate of drug-likeness (QED) is 0.740. The summed E-state index contributed by atoms with van der Waals surface area (Å²) in [6.07, 6.45) is 1.37. The predicted octanol–water partition coefficient (Wildman–Crippen LogP) is 4.98. The molecule has 0 aliphatic carbocycles. The molecule has 0 saturated carbocycles. The molecule has 0 spiro atoms. The lowest BCUT2D eigenvalue weighted by Crippen LogP contribution is -2.26. The molecular weight excluding hydrogens is 368 g/mol. The number of rotatable bonds is 4. The highest BCUT2D eigenvalue weighted by Gasteiger charge is 2.07. The van der Waals surface area contributed by atoms with Crippen molar-refractivity contribution in [1.82, 2.24) is 10.3 Å². The lowest BCUT2D eigenvalue weighted by Gasteiger charge is -2.08. The van der Waals surface area contributed by atoms with Gasteiger partial charge in [0.1, 0.15) is 21.2 Å². The highest BCUT2D eigenvalue weighted by molar-refractivity contribution is 6.59. The summed E-state index contributed by atoms with van der Waals surface area (Å²) in [7, 11) is 0. The molecule has 120 valence electrons. The van der Waals surface area contributed by atoms with E-state index in [9.17, 15) is 9.18 Å². The first kappa shape index (κ1) is 17.3. The maximum atomic E-state index is 12.8. The Labute approximate surface area is 146 Å². The third-order valence-corrected chi connectivity index (χ3v) is 3.27. The lowest BCUT2D eigenvalue weighted by molar-refractivity contribution is 0.255. The third-order valence-electron chi connectivity index (χ3n) is 2.42. The molecule has 1 heterocycles. The van der Waals surface area contributed by atoms with Gasteiger partial charge in [0, 0.05) is 6.07 Å². The van der Waals surface area contributed by atoms with Crippen LogP contribution in [0, 0.1) is 5.82 Å². The molecule has 0 fully saturated rings. The number of hydrogen-bond donors (Lipinski definition) is 2. The Morgan fingerprint density at radius 3 is 2.35 bits per heavy atom. The van der Waals surface area contributed by atoms with Crippen LogP contribution in [0.2, 0.25) is 0 Å². The fourth-order valence-corrected chi connectivity index (χ4v) is 1.63. The molecule has 0 bridgehead atoms. The van der Waals surface area contributed by atoms with Crippen LogP contribution in [0.25, 0.3) is 0 Å². The van der Waals surface area contributed by atoms with Crippen molar-refractivity contribution >= 4 is 46.5 Å². The summed E-state index contributed by atoms with van der Waals surface area (Å²) < 4.78 is 18.0. The molecule has 0 unspecified atom stereocenters. The second-order valence-electron chi connectivity index (χ2n) is 4.09. The van der Waals surface area contributed by atoms with E-state index in [2.05, 4.69) is 15.6 Å². The van der Waals surface area contributed by atoms with Crippen molar-refractivity contribution in [3.05, 3.63) is 58.1 Å². The van der Waals surface area contributed by atoms with Crippen LogP contribution in [0.1, 0.15) is 0 Å². The topological polar surface area (TPSA) is 63.2 Å². The van der Waals surface area contributed by atoms with E-state index >= 15 is 0 Å². The second kappa shape index (κ2) is 8.01. The molecule has 9 heteroatoms. The number of benzene rings is 1. The zero-order valence-corrected chi connectivity index (χ0v) is 13.6. The molecule has 2 aromatic rings. The first-order valence-electron chi connectivity index (χ1n) is 6.12. The molecule has 0 aliphatic heterocycles. The van der Waals surface area contributed by atoms with Crippen molar-refractivity contribution in [1.29, 1.82) is 0 Å². The Balaban J connectivity index is 1.95. The molecule has 0 aliphatic rings. The van der Waals surface area contributed by atoms with Gasteiger partial charge in [0.05, 0.1) is 11.9 Å². The van der Waals surface area contributed by atoms with Gasteiger partial charge in [-0.2, -0.15) is 0 Å². The number of nitrogens with one attached hydrogen (secondary N) is 2. The molecule has 0 radical (unpaired) electrons. The van der Waals surface area contributed by atoms with Gasteiger partial charge in [0.15, 0.2) is 0 Å². The van der Waals surface area contributed by atoms with E-state index in [4.69, 9.17) is 39.5 Å². The summed E-state index contributed by atoms with van der Waals surface area (Å²) >= 11 is 16.4. The van der Waals surface area contributed by atoms with Crippen LogP contribution in [0.15, 0.2) is 52.2 Å². The molecular formula is C14H9Cl3FN3O2. The number of ether oxygens (including phenoxy) is 1. The molecule has 1 aromatic carbocycles. The van der Waals surface area contributed by atoms with Gasteiger partial charge in [-0.15, -0.1) is 0 Å². The number of aromatic nitrogens is 1. The van der Waals surface area contributed by atoms with Crippen LogP contribution in [-0.2, 0) is 0 Å². The van der Waals surface area contributed by atoms with Gasteiger partial charge in [0.2, 0.25) is 5.88 Å². The standard InChI is InChI=1S/C14H9Cl3FN3O2/c15-12(16)13(17)21-14(22)20-9-3-6-11(19-7-9)23-10-4-1-8(18)2-5-10/h1-7H,(H2,20,21,22). The number of carbonyl (C=O) groups excluding carboxylic acids is 1. The highest BCUT2D eigenvalue weighted by Crippen LogP contribution is 2.21. The zero-order chi connectivity index (χ0) is 16.8. The van der Waals surface area contributed by atoms with E-state index in [1.807, 2.05) is 0 Å². The summed E-state index contributed by atoms with van der Waals surface area (Å²) in [4.78, 5) is 15.6. The van der Waals surface area contributed by atoms with E-state index in [1.54, 1.807) is 6.07 Å². The minimum absolute atomic E-state index is 0.199. The van der Waals surface area contributed by atoms with Crippen molar-refractivity contribution < 1.29 is 13.9 Å². The molecule has 23 heavy (non-hydrogen) atoms. The monoisotopic (exact) mass is 375 g/mol. The Morgan fingerprint density at radius 2 is 1.78 bits per heavy atom. The Hall–Kier alpha value is -2.02. The molecule has 1 aromatic heterocycles. The van der Waals surface area contributed by atoms with Gasteiger partial charge < -0.3 is 10.1 Å². The van der Waals surface area contributed by atoms with Crippen molar-refractivity contribution in [3.63, 3.8) is 0 Å². The number of urea groups is 1. The van der Waals surface area contributed by atoms with E-state index in [-0.39, 0.29) is 21.3 Å². The largest absolute Gasteiger partial charge is 0.439 e. The van der Waals surface area contributed by atoms with Crippen LogP contribution in [0.4, 0.5) is 14.9 Å². The number of nitrogens with zero attached hydrogens (tertiary/aromatic N) is 1. The average Bonchev–Trinajstić information content (AvgIpc) is 2.51. The summed E-state index contributed by atoms with van der Waals surface area (Å²) in [6, 6.07) is 7.95. The molecule has 2 N–H and O–H groups in total. The fraction of sp³-hybridized carbons (Fsp3) is 0. The Kier molecular flexibility index (Phi) is 6.04. The Morgan fingerprint density at radius 1 is 1.09 bits per heavy atom. The predicted molar refractivity (Wildman–Crippen MR) is 87.5 cm³/mol. The van der Waals surface area contributed by atoms with Crippen LogP contribution < -0.4 is 15.4 Å². The maximum absolute atomic E-state index is 12.8. The van der Waals surface area contributed by atoms with E-state index in [0.717, 1.165) is 0 Å². The first-order valence-corrected chi connectivity index (χ1v) is 7.25. The number of halogens is 4. The van der Waals surface area contributed by atoms with Crippen molar-refractivity contribution in [2.75, 3.05) is 5.32 Å². The van der Waals surface area contributed by atoms with Gasteiger partial charge in [-0.3, -0.25) is 5.32 Å². The minimum atomic E-state index is -0.636. The molecule has 5 nitrogen and oxygen atoms in total. The van der Waals surface area contributed by atoms with Crippen molar-refractivity contribution in [2.45, 2.75) is 0 Å². The third kappa shape index (κ3) is 5.59. The summed E-state index contributed by atoms with van der Waals surface area (Å²) in [5.41, 5.74) is 0.393. The van der Waals surface area contributed by atoms with Crippen LogP contribution in [-0.4, -0.2) is 11.0 Å². The number of hydrogen-bond acceptors (Lipinski definition) is 3. The van der Waals surface area contributed by atoms with E-state index in [0.29, 0.717) is 11.4 Å². The summed E-state index contributed by atoms with van der Waals surface area (Å²) in [5, 5.41) is 4.50. The van der Waals surface area contributed by atoms with Gasteiger partial charge in [-0.05, 0) is 30.3 Å². The summed E-state index contributed by atoms with van der Waals surface area (Å²) in [6.45, 7) is 0. The van der Waals surface area contributed by atoms with E-state index < -0.39 is 6.03 Å². The van der Waals surface area contributed by atoms with Crippen LogP contribution in [0.5, 0.6) is 11.6 Å². The molecule has 0 saturated heterocycles. The summed E-state index contributed by atoms with van der Waals surface area (Å²) in [5.74, 6) is 0.357. The van der Waals surface area contributed by atoms with Crippen LogP contribution >= 0.6 is 34.8 Å². The smallest absolute Gasteiger partial charge is 0.324 e. The number of carbonyl (C=O) groups is 1. The van der Waals surface area contributed by atoms with Gasteiger partial charge in [0.25, 0.3) is 0 Å². The zero-order valence-electron chi connectivity index (χ0n) is 11.3. The maximum Gasteiger partial charge on any atom is 0.324 e. The number of pyridine rings is 1. The first-order chi connectivity index (χ1) is 10.9. The SMILES string of the molecule is O=C(NC(Cl)=C(Cl)Cl)Nc1ccc(Oc2ccc(F)cc2)nc1. The second-order valence-corrected chi connectivity index (χ2v) is 5.42. The normalized spacial score (nSPS) is 9.91. The number of amides is 2. The van der Waals surface area contributed by atoms with Gasteiger partial charge in [-0.25, -0.2) is 14.2 Å². The highest BCUT2D eigenvalue weighted by atomic mass is 35.5. The molecule has 2 rings (SSSR count). The van der Waals surface area contributed by atoms with Gasteiger partial charge >= 0.3 is 6.03 Å². The molecule has 0 atom stereocenters. The fourth-order valence-electron chi connectivity index (χ4n) is 1.45.